The van der Waals surface area contributed by atoms with E-state index in [9.17, 15) is 14.4 Å². The monoisotopic (exact) mass is 533 g/mol. The third kappa shape index (κ3) is 5.62. The number of nitrogens with one attached hydrogen (secondary N) is 1. The zero-order valence-corrected chi connectivity index (χ0v) is 22.1. The fraction of sp³-hybridized carbons (Fsp3) is 0.517. The van der Waals surface area contributed by atoms with Crippen molar-refractivity contribution in [2.45, 2.75) is 57.3 Å². The van der Waals surface area contributed by atoms with Crippen molar-refractivity contribution in [3.05, 3.63) is 53.2 Å². The second-order valence-electron chi connectivity index (χ2n) is 10.8. The molecule has 3 saturated heterocycles. The molecule has 4 aliphatic rings. The van der Waals surface area contributed by atoms with E-state index >= 15 is 0 Å². The van der Waals surface area contributed by atoms with E-state index in [1.54, 1.807) is 11.0 Å². The predicted molar refractivity (Wildman–Crippen MR) is 143 cm³/mol. The standard InChI is InChI=1S/C29H35N5O5/c35-27-9-7-25(28(36)31-27)34-18-21-15-23(5-6-24(21)29(34)37)39-19-22-3-1-2-10-33(22)17-20-4-8-26(30-16-20)32-11-13-38-14-12-32/h4-6,8,15-16,22,25H,1-3,7,9-14,17-19H2,(H,31,35,36)/t22-,25?/m1/s1. The third-order valence-corrected chi connectivity index (χ3v) is 8.22. The maximum Gasteiger partial charge on any atom is 0.255 e. The highest BCUT2D eigenvalue weighted by Gasteiger charge is 2.39. The molecule has 0 aliphatic carbocycles. The second-order valence-corrected chi connectivity index (χ2v) is 10.8. The zero-order chi connectivity index (χ0) is 26.8. The van der Waals surface area contributed by atoms with Gasteiger partial charge in [0.2, 0.25) is 11.8 Å². The topological polar surface area (TPSA) is 104 Å². The van der Waals surface area contributed by atoms with Gasteiger partial charge < -0.3 is 19.3 Å². The summed E-state index contributed by atoms with van der Waals surface area (Å²) in [6, 6.07) is 9.52. The van der Waals surface area contributed by atoms with E-state index in [4.69, 9.17) is 14.5 Å². The highest BCUT2D eigenvalue weighted by Crippen LogP contribution is 2.31. The first-order valence-electron chi connectivity index (χ1n) is 14.0. The molecule has 0 saturated carbocycles. The Labute approximate surface area is 228 Å². The first kappa shape index (κ1) is 25.8. The van der Waals surface area contributed by atoms with Gasteiger partial charge in [-0.15, -0.1) is 0 Å². The molecule has 2 aromatic rings. The Bertz CT molecular complexity index is 1230. The number of amides is 3. The van der Waals surface area contributed by atoms with Gasteiger partial charge in [0.15, 0.2) is 0 Å². The van der Waals surface area contributed by atoms with E-state index in [2.05, 4.69) is 27.2 Å². The Morgan fingerprint density at radius 1 is 1.03 bits per heavy atom. The average molecular weight is 534 g/mol. The quantitative estimate of drug-likeness (QED) is 0.540. The molecule has 2 atom stereocenters. The van der Waals surface area contributed by atoms with Gasteiger partial charge in [-0.2, -0.15) is 0 Å². The molecule has 10 heteroatoms. The summed E-state index contributed by atoms with van der Waals surface area (Å²) >= 11 is 0. The molecule has 0 bridgehead atoms. The van der Waals surface area contributed by atoms with Crippen LogP contribution >= 0.6 is 0 Å². The average Bonchev–Trinajstić information content (AvgIpc) is 3.28. The number of hydrogen-bond acceptors (Lipinski definition) is 8. The molecular formula is C29H35N5O5. The number of carbonyl (C=O) groups is 3. The number of carbonyl (C=O) groups excluding carboxylic acids is 3. The summed E-state index contributed by atoms with van der Waals surface area (Å²) in [6.45, 7) is 6.04. The molecule has 39 heavy (non-hydrogen) atoms. The summed E-state index contributed by atoms with van der Waals surface area (Å²) in [7, 11) is 0. The Hall–Kier alpha value is -3.50. The second kappa shape index (κ2) is 11.3. The molecule has 0 spiro atoms. The van der Waals surface area contributed by atoms with E-state index in [0.717, 1.165) is 62.9 Å². The number of imide groups is 1. The molecule has 10 nitrogen and oxygen atoms in total. The van der Waals surface area contributed by atoms with Crippen LogP contribution in [-0.2, 0) is 27.4 Å². The van der Waals surface area contributed by atoms with E-state index in [-0.39, 0.29) is 18.2 Å². The van der Waals surface area contributed by atoms with Crippen LogP contribution < -0.4 is 15.0 Å². The van der Waals surface area contributed by atoms with Crippen LogP contribution in [0.2, 0.25) is 0 Å². The van der Waals surface area contributed by atoms with Gasteiger partial charge in [0.05, 0.1) is 13.2 Å². The number of fused-ring (bicyclic) bond motifs is 1. The number of anilines is 1. The fourth-order valence-corrected chi connectivity index (χ4v) is 6.01. The minimum atomic E-state index is -0.611. The first-order valence-corrected chi connectivity index (χ1v) is 14.0. The van der Waals surface area contributed by atoms with Gasteiger partial charge in [0.25, 0.3) is 5.91 Å². The number of aromatic nitrogens is 1. The van der Waals surface area contributed by atoms with Gasteiger partial charge in [0.1, 0.15) is 24.2 Å². The summed E-state index contributed by atoms with van der Waals surface area (Å²) in [5.74, 6) is 0.889. The van der Waals surface area contributed by atoms with Crippen molar-refractivity contribution < 1.29 is 23.9 Å². The van der Waals surface area contributed by atoms with E-state index in [0.29, 0.717) is 31.2 Å². The minimum absolute atomic E-state index is 0.169. The predicted octanol–water partition coefficient (Wildman–Crippen LogP) is 2.11. The number of rotatable bonds is 7. The largest absolute Gasteiger partial charge is 0.492 e. The maximum atomic E-state index is 13.0. The Morgan fingerprint density at radius 3 is 2.69 bits per heavy atom. The lowest BCUT2D eigenvalue weighted by molar-refractivity contribution is -0.136. The third-order valence-electron chi connectivity index (χ3n) is 8.22. The van der Waals surface area contributed by atoms with Crippen molar-refractivity contribution >= 4 is 23.5 Å². The summed E-state index contributed by atoms with van der Waals surface area (Å²) in [6.07, 6.45) is 6.02. The highest BCUT2D eigenvalue weighted by atomic mass is 16.5. The number of nitrogens with zero attached hydrogens (tertiary/aromatic N) is 4. The van der Waals surface area contributed by atoms with Gasteiger partial charge in [-0.1, -0.05) is 12.5 Å². The lowest BCUT2D eigenvalue weighted by Gasteiger charge is -2.35. The maximum absolute atomic E-state index is 13.0. The van der Waals surface area contributed by atoms with Crippen molar-refractivity contribution in [3.8, 4) is 5.75 Å². The van der Waals surface area contributed by atoms with Crippen LogP contribution in [0.1, 0.15) is 53.6 Å². The number of morpholine rings is 1. The zero-order valence-electron chi connectivity index (χ0n) is 22.1. The summed E-state index contributed by atoms with van der Waals surface area (Å²) in [5, 5.41) is 2.35. The van der Waals surface area contributed by atoms with Crippen LogP contribution in [0, 0.1) is 0 Å². The number of ether oxygens (including phenoxy) is 2. The van der Waals surface area contributed by atoms with Gasteiger partial charge in [-0.3, -0.25) is 24.6 Å². The smallest absolute Gasteiger partial charge is 0.255 e. The Balaban J connectivity index is 1.06. The van der Waals surface area contributed by atoms with Crippen LogP contribution in [0.3, 0.4) is 0 Å². The molecule has 1 N–H and O–H groups in total. The SMILES string of the molecule is O=C1CCC(N2Cc3cc(OC[C@H]4CCCCN4Cc4ccc(N5CCOCC5)nc4)ccc3C2=O)C(=O)N1. The van der Waals surface area contributed by atoms with Crippen LogP contribution in [0.25, 0.3) is 0 Å². The Morgan fingerprint density at radius 2 is 1.90 bits per heavy atom. The highest BCUT2D eigenvalue weighted by molar-refractivity contribution is 6.05. The van der Waals surface area contributed by atoms with Crippen molar-refractivity contribution in [1.82, 2.24) is 20.1 Å². The molecule has 1 aromatic heterocycles. The summed E-state index contributed by atoms with van der Waals surface area (Å²) in [4.78, 5) is 47.8. The summed E-state index contributed by atoms with van der Waals surface area (Å²) < 4.78 is 11.7. The lowest BCUT2D eigenvalue weighted by Crippen LogP contribution is -2.52. The van der Waals surface area contributed by atoms with E-state index < -0.39 is 11.9 Å². The van der Waals surface area contributed by atoms with Crippen LogP contribution in [0.15, 0.2) is 36.5 Å². The molecule has 3 amide bonds. The van der Waals surface area contributed by atoms with Gasteiger partial charge in [0, 0.05) is 50.4 Å². The summed E-state index contributed by atoms with van der Waals surface area (Å²) in [5.41, 5.74) is 2.65. The number of likely N-dealkylation sites (tertiary alicyclic amines) is 1. The van der Waals surface area contributed by atoms with Gasteiger partial charge in [-0.25, -0.2) is 4.98 Å². The first-order chi connectivity index (χ1) is 19.0. The van der Waals surface area contributed by atoms with Crippen LogP contribution in [0.4, 0.5) is 5.82 Å². The van der Waals surface area contributed by atoms with Gasteiger partial charge in [-0.05, 0) is 61.2 Å². The van der Waals surface area contributed by atoms with E-state index in [1.165, 1.54) is 18.4 Å². The van der Waals surface area contributed by atoms with Gasteiger partial charge >= 0.3 is 0 Å². The molecule has 206 valence electrons. The normalized spacial score (nSPS) is 24.1. The fourth-order valence-electron chi connectivity index (χ4n) is 6.01. The molecule has 4 aliphatic heterocycles. The molecule has 1 unspecified atom stereocenters. The van der Waals surface area contributed by atoms with Crippen molar-refractivity contribution in [2.24, 2.45) is 0 Å². The number of hydrogen-bond donors (Lipinski definition) is 1. The molecular weight excluding hydrogens is 498 g/mol. The molecule has 3 fully saturated rings. The molecule has 6 rings (SSSR count). The molecule has 0 radical (unpaired) electrons. The van der Waals surface area contributed by atoms with Crippen LogP contribution in [-0.4, -0.2) is 84.0 Å². The van der Waals surface area contributed by atoms with Crippen molar-refractivity contribution in [2.75, 3.05) is 44.4 Å². The number of piperidine rings is 2. The van der Waals surface area contributed by atoms with Crippen molar-refractivity contribution in [1.29, 1.82) is 0 Å². The van der Waals surface area contributed by atoms with E-state index in [1.807, 2.05) is 18.3 Å². The number of benzene rings is 1. The molecule has 1 aromatic carbocycles. The Kier molecular flexibility index (Phi) is 7.47. The van der Waals surface area contributed by atoms with Crippen LogP contribution in [0.5, 0.6) is 5.75 Å². The lowest BCUT2D eigenvalue weighted by atomic mass is 10.0. The molecule has 5 heterocycles. The van der Waals surface area contributed by atoms with Crippen molar-refractivity contribution in [3.63, 3.8) is 0 Å². The minimum Gasteiger partial charge on any atom is -0.492 e. The number of pyridine rings is 1.